The molecule has 0 aliphatic carbocycles. The van der Waals surface area contributed by atoms with Crippen LogP contribution in [0.15, 0.2) is 30.5 Å². The molecule has 2 N–H and O–H groups in total. The Balaban J connectivity index is 2.50. The molecule has 0 saturated heterocycles. The van der Waals surface area contributed by atoms with Gasteiger partial charge in [0.15, 0.2) is 0 Å². The van der Waals surface area contributed by atoms with E-state index in [4.69, 9.17) is 0 Å². The summed E-state index contributed by atoms with van der Waals surface area (Å²) in [6.45, 7) is 4.00. The fourth-order valence-electron chi connectivity index (χ4n) is 2.06. The lowest BCUT2D eigenvalue weighted by atomic mass is 10.0. The van der Waals surface area contributed by atoms with Crippen molar-refractivity contribution in [1.82, 2.24) is 4.98 Å². The number of rotatable bonds is 5. The Morgan fingerprint density at radius 1 is 1.40 bits per heavy atom. The second-order valence-corrected chi connectivity index (χ2v) is 4.97. The van der Waals surface area contributed by atoms with Crippen LogP contribution in [0.2, 0.25) is 0 Å². The topological polar surface area (TPSA) is 88.3 Å². The van der Waals surface area contributed by atoms with Crippen LogP contribution >= 0.6 is 0 Å². The van der Waals surface area contributed by atoms with Gasteiger partial charge < -0.3 is 10.4 Å². The molecular formula is C14H17N3O3. The summed E-state index contributed by atoms with van der Waals surface area (Å²) in [4.78, 5) is 14.7. The highest BCUT2D eigenvalue weighted by molar-refractivity contribution is 5.96. The van der Waals surface area contributed by atoms with Gasteiger partial charge in [-0.3, -0.25) is 10.1 Å². The van der Waals surface area contributed by atoms with Crippen molar-refractivity contribution in [2.24, 2.45) is 5.92 Å². The van der Waals surface area contributed by atoms with E-state index in [9.17, 15) is 15.2 Å². The molecule has 0 unspecified atom stereocenters. The summed E-state index contributed by atoms with van der Waals surface area (Å²) in [7, 11) is 0. The largest absolute Gasteiger partial charge is 0.394 e. The van der Waals surface area contributed by atoms with Crippen molar-refractivity contribution in [3.05, 3.63) is 40.6 Å². The molecule has 20 heavy (non-hydrogen) atoms. The van der Waals surface area contributed by atoms with Crippen LogP contribution in [0.3, 0.4) is 0 Å². The molecular weight excluding hydrogens is 258 g/mol. The number of fused-ring (bicyclic) bond motifs is 1. The van der Waals surface area contributed by atoms with Crippen molar-refractivity contribution in [2.75, 3.05) is 11.9 Å². The van der Waals surface area contributed by atoms with Crippen LogP contribution in [-0.4, -0.2) is 27.7 Å². The van der Waals surface area contributed by atoms with E-state index in [1.807, 2.05) is 13.8 Å². The summed E-state index contributed by atoms with van der Waals surface area (Å²) in [5.74, 6) is 0.238. The van der Waals surface area contributed by atoms with Gasteiger partial charge in [0.2, 0.25) is 0 Å². The number of hydrogen-bond acceptors (Lipinski definition) is 5. The average molecular weight is 275 g/mol. The third-order valence-electron chi connectivity index (χ3n) is 3.29. The molecule has 2 aromatic rings. The fourth-order valence-corrected chi connectivity index (χ4v) is 2.06. The Bertz CT molecular complexity index is 628. The smallest absolute Gasteiger partial charge is 0.295 e. The van der Waals surface area contributed by atoms with Gasteiger partial charge in [0.05, 0.1) is 17.6 Å². The maximum absolute atomic E-state index is 11.0. The van der Waals surface area contributed by atoms with Gasteiger partial charge in [-0.2, -0.15) is 0 Å². The minimum Gasteiger partial charge on any atom is -0.394 e. The zero-order valence-electron chi connectivity index (χ0n) is 11.4. The van der Waals surface area contributed by atoms with Crippen molar-refractivity contribution < 1.29 is 10.0 Å². The third kappa shape index (κ3) is 2.70. The van der Waals surface area contributed by atoms with Crippen LogP contribution in [0.25, 0.3) is 10.9 Å². The van der Waals surface area contributed by atoms with Crippen molar-refractivity contribution in [2.45, 2.75) is 19.9 Å². The van der Waals surface area contributed by atoms with Gasteiger partial charge in [-0.25, -0.2) is 4.98 Å². The third-order valence-corrected chi connectivity index (χ3v) is 3.29. The van der Waals surface area contributed by atoms with E-state index in [0.29, 0.717) is 10.9 Å². The predicted molar refractivity (Wildman–Crippen MR) is 77.7 cm³/mol. The molecule has 1 atom stereocenters. The molecule has 1 aromatic carbocycles. The molecule has 2 rings (SSSR count). The van der Waals surface area contributed by atoms with E-state index in [1.54, 1.807) is 18.2 Å². The first kappa shape index (κ1) is 14.2. The number of hydrogen-bond donors (Lipinski definition) is 2. The molecule has 0 radical (unpaired) electrons. The molecule has 1 aromatic heterocycles. The van der Waals surface area contributed by atoms with Crippen LogP contribution in [0.4, 0.5) is 11.4 Å². The highest BCUT2D eigenvalue weighted by Crippen LogP contribution is 2.29. The number of non-ortho nitro benzene ring substituents is 1. The maximum atomic E-state index is 11.0. The van der Waals surface area contributed by atoms with E-state index < -0.39 is 4.92 Å². The summed E-state index contributed by atoms with van der Waals surface area (Å²) in [5.41, 5.74) is 1.07. The first-order valence-corrected chi connectivity index (χ1v) is 6.44. The van der Waals surface area contributed by atoms with Crippen molar-refractivity contribution >= 4 is 22.3 Å². The minimum absolute atomic E-state index is 0.00356. The Morgan fingerprint density at radius 2 is 2.15 bits per heavy atom. The number of nitro groups is 1. The molecule has 1 heterocycles. The summed E-state index contributed by atoms with van der Waals surface area (Å²) < 4.78 is 0. The van der Waals surface area contributed by atoms with Gasteiger partial charge in [0.25, 0.3) is 5.69 Å². The normalized spacial score (nSPS) is 12.6. The predicted octanol–water partition coefficient (Wildman–Crippen LogP) is 2.57. The van der Waals surface area contributed by atoms with Gasteiger partial charge in [-0.1, -0.05) is 26.0 Å². The monoisotopic (exact) mass is 275 g/mol. The number of aromatic nitrogens is 1. The number of nitro benzene ring substituents is 1. The molecule has 0 fully saturated rings. The minimum atomic E-state index is -0.439. The summed E-state index contributed by atoms with van der Waals surface area (Å²) >= 11 is 0. The van der Waals surface area contributed by atoms with Gasteiger partial charge in [-0.05, 0) is 12.0 Å². The number of aliphatic hydroxyl groups excluding tert-OH is 1. The van der Waals surface area contributed by atoms with E-state index >= 15 is 0 Å². The zero-order valence-corrected chi connectivity index (χ0v) is 11.4. The molecule has 6 heteroatoms. The van der Waals surface area contributed by atoms with Crippen LogP contribution in [-0.2, 0) is 0 Å². The van der Waals surface area contributed by atoms with Gasteiger partial charge in [0, 0.05) is 23.3 Å². The summed E-state index contributed by atoms with van der Waals surface area (Å²) in [5, 5.41) is 24.3. The second-order valence-electron chi connectivity index (χ2n) is 4.97. The van der Waals surface area contributed by atoms with Gasteiger partial charge >= 0.3 is 0 Å². The van der Waals surface area contributed by atoms with Gasteiger partial charge in [0.1, 0.15) is 5.52 Å². The van der Waals surface area contributed by atoms with E-state index in [1.165, 1.54) is 12.3 Å². The highest BCUT2D eigenvalue weighted by Gasteiger charge is 2.17. The first-order valence-electron chi connectivity index (χ1n) is 6.44. The molecule has 0 aliphatic rings. The van der Waals surface area contributed by atoms with E-state index in [0.717, 1.165) is 5.69 Å². The average Bonchev–Trinajstić information content (AvgIpc) is 2.43. The molecule has 0 saturated carbocycles. The van der Waals surface area contributed by atoms with Crippen LogP contribution in [0, 0.1) is 16.0 Å². The van der Waals surface area contributed by atoms with Gasteiger partial charge in [-0.15, -0.1) is 0 Å². The lowest BCUT2D eigenvalue weighted by Crippen LogP contribution is -2.29. The Hall–Kier alpha value is -2.21. The van der Waals surface area contributed by atoms with Crippen molar-refractivity contribution in [1.29, 1.82) is 0 Å². The fraction of sp³-hybridized carbons (Fsp3) is 0.357. The number of nitrogens with zero attached hydrogens (tertiary/aromatic N) is 2. The van der Waals surface area contributed by atoms with Crippen molar-refractivity contribution in [3.63, 3.8) is 0 Å². The van der Waals surface area contributed by atoms with Crippen molar-refractivity contribution in [3.8, 4) is 0 Å². The lowest BCUT2D eigenvalue weighted by Gasteiger charge is -2.22. The summed E-state index contributed by atoms with van der Waals surface area (Å²) in [6.07, 6.45) is 1.53. The Labute approximate surface area is 116 Å². The second kappa shape index (κ2) is 5.83. The van der Waals surface area contributed by atoms with Crippen LogP contribution in [0.5, 0.6) is 0 Å². The van der Waals surface area contributed by atoms with Crippen LogP contribution in [0.1, 0.15) is 13.8 Å². The lowest BCUT2D eigenvalue weighted by molar-refractivity contribution is -0.383. The zero-order chi connectivity index (χ0) is 14.7. The number of anilines is 1. The highest BCUT2D eigenvalue weighted by atomic mass is 16.6. The quantitative estimate of drug-likeness (QED) is 0.646. The molecule has 0 bridgehead atoms. The summed E-state index contributed by atoms with van der Waals surface area (Å²) in [6, 6.07) is 6.51. The Morgan fingerprint density at radius 3 is 2.75 bits per heavy atom. The molecule has 0 aliphatic heterocycles. The molecule has 0 spiro atoms. The number of nitrogens with one attached hydrogen (secondary N) is 1. The number of benzene rings is 1. The first-order chi connectivity index (χ1) is 9.54. The number of para-hydroxylation sites is 1. The maximum Gasteiger partial charge on any atom is 0.295 e. The SMILES string of the molecule is CC(C)[C@@H](CO)Nc1ccnc2c([N+](=O)[O-])cccc12. The number of pyridine rings is 1. The van der Waals surface area contributed by atoms with Crippen LogP contribution < -0.4 is 5.32 Å². The van der Waals surface area contributed by atoms with E-state index in [2.05, 4.69) is 10.3 Å². The molecule has 6 nitrogen and oxygen atoms in total. The molecule has 0 amide bonds. The number of aliphatic hydroxyl groups is 1. The standard InChI is InChI=1S/C14H17N3O3/c1-9(2)12(8-18)16-11-6-7-15-14-10(11)4-3-5-13(14)17(19)20/h3-7,9,12,18H,8H2,1-2H3,(H,15,16)/t12-/m1/s1. The Kier molecular flexibility index (Phi) is 4.14. The van der Waals surface area contributed by atoms with E-state index in [-0.39, 0.29) is 24.3 Å². The molecule has 106 valence electrons.